The molecule has 0 atom stereocenters. The van der Waals surface area contributed by atoms with Gasteiger partial charge in [-0.2, -0.15) is 0 Å². The number of hydrogen-bond donors (Lipinski definition) is 0. The van der Waals surface area contributed by atoms with Crippen LogP contribution in [-0.4, -0.2) is 12.9 Å². The van der Waals surface area contributed by atoms with Crippen molar-refractivity contribution < 1.29 is 14.3 Å². The van der Waals surface area contributed by atoms with Gasteiger partial charge in [-0.1, -0.05) is 75.4 Å². The number of thiophene rings is 1. The van der Waals surface area contributed by atoms with E-state index in [0.717, 1.165) is 33.9 Å². The summed E-state index contributed by atoms with van der Waals surface area (Å²) in [5.74, 6) is 1.57. The van der Waals surface area contributed by atoms with E-state index in [1.54, 1.807) is 24.5 Å². The molecule has 3 aromatic carbocycles. The minimum absolute atomic E-state index is 0.00636. The number of rotatable bonds is 9. The molecule has 0 fully saturated rings. The fourth-order valence-electron chi connectivity index (χ4n) is 3.88. The molecule has 0 N–H and O–H groups in total. The summed E-state index contributed by atoms with van der Waals surface area (Å²) in [5, 5.41) is 0. The molecule has 0 amide bonds. The molecule has 4 aromatic rings. The normalized spacial score (nSPS) is 11.6. The largest absolute Gasteiger partial charge is 0.496 e. The lowest BCUT2D eigenvalue weighted by atomic mass is 9.87. The Hall–Kier alpha value is -3.63. The molecule has 4 heteroatoms. The van der Waals surface area contributed by atoms with E-state index in [0.29, 0.717) is 6.61 Å². The van der Waals surface area contributed by atoms with Crippen LogP contribution >= 0.6 is 11.3 Å². The minimum Gasteiger partial charge on any atom is -0.496 e. The van der Waals surface area contributed by atoms with Crippen LogP contribution in [0.1, 0.15) is 57.6 Å². The van der Waals surface area contributed by atoms with Gasteiger partial charge in [0.15, 0.2) is 5.78 Å². The highest BCUT2D eigenvalue weighted by Gasteiger charge is 2.13. The Labute approximate surface area is 218 Å². The first-order valence-corrected chi connectivity index (χ1v) is 12.9. The van der Waals surface area contributed by atoms with Gasteiger partial charge < -0.3 is 9.47 Å². The highest BCUT2D eigenvalue weighted by molar-refractivity contribution is 7.14. The maximum Gasteiger partial charge on any atom is 0.195 e. The number of ketones is 1. The smallest absolute Gasteiger partial charge is 0.195 e. The van der Waals surface area contributed by atoms with Crippen molar-refractivity contribution in [1.29, 1.82) is 0 Å². The topological polar surface area (TPSA) is 35.5 Å². The molecule has 0 spiro atoms. The average molecular weight is 497 g/mol. The first kappa shape index (κ1) is 25.5. The van der Waals surface area contributed by atoms with Gasteiger partial charge in [-0.25, -0.2) is 0 Å². The van der Waals surface area contributed by atoms with E-state index in [1.165, 1.54) is 16.0 Å². The van der Waals surface area contributed by atoms with Gasteiger partial charge in [0.1, 0.15) is 18.1 Å². The van der Waals surface area contributed by atoms with E-state index in [4.69, 9.17) is 9.47 Å². The number of carbonyl (C=O) groups is 1. The molecule has 0 aliphatic rings. The molecule has 0 saturated carbocycles. The predicted molar refractivity (Wildman–Crippen MR) is 149 cm³/mol. The van der Waals surface area contributed by atoms with E-state index in [-0.39, 0.29) is 11.2 Å². The molecule has 36 heavy (non-hydrogen) atoms. The molecule has 1 heterocycles. The summed E-state index contributed by atoms with van der Waals surface area (Å²) in [7, 11) is 1.65. The summed E-state index contributed by atoms with van der Waals surface area (Å²) in [4.78, 5) is 14.7. The number of allylic oxidation sites excluding steroid dienone is 1. The summed E-state index contributed by atoms with van der Waals surface area (Å²) >= 11 is 1.55. The lowest BCUT2D eigenvalue weighted by Crippen LogP contribution is -2.10. The molecule has 0 aliphatic carbocycles. The highest BCUT2D eigenvalue weighted by Crippen LogP contribution is 2.27. The Kier molecular flexibility index (Phi) is 8.07. The van der Waals surface area contributed by atoms with Gasteiger partial charge in [0.2, 0.25) is 0 Å². The SMILES string of the molecule is COc1ccc(/C=C/C(=O)c2ccc(Cc3ccccc3)s2)cc1COc1ccc(C(C)(C)C)cc1. The van der Waals surface area contributed by atoms with Crippen molar-refractivity contribution in [3.63, 3.8) is 0 Å². The number of ether oxygens (including phenoxy) is 2. The van der Waals surface area contributed by atoms with Crippen LogP contribution < -0.4 is 9.47 Å². The summed E-state index contributed by atoms with van der Waals surface area (Å²) in [6.07, 6.45) is 4.32. The summed E-state index contributed by atoms with van der Waals surface area (Å²) in [5.41, 5.74) is 4.46. The molecule has 1 aromatic heterocycles. The van der Waals surface area contributed by atoms with E-state index >= 15 is 0 Å². The number of benzene rings is 3. The van der Waals surface area contributed by atoms with Crippen molar-refractivity contribution in [3.8, 4) is 11.5 Å². The number of methoxy groups -OCH3 is 1. The Morgan fingerprint density at radius 3 is 2.36 bits per heavy atom. The lowest BCUT2D eigenvalue weighted by Gasteiger charge is -2.19. The molecular weight excluding hydrogens is 464 g/mol. The predicted octanol–water partition coefficient (Wildman–Crippen LogP) is 8.12. The van der Waals surface area contributed by atoms with Gasteiger partial charge in [0.25, 0.3) is 0 Å². The second-order valence-corrected chi connectivity index (χ2v) is 10.9. The fourth-order valence-corrected chi connectivity index (χ4v) is 4.85. The molecule has 0 saturated heterocycles. The second-order valence-electron chi connectivity index (χ2n) is 9.76. The quantitative estimate of drug-likeness (QED) is 0.173. The Balaban J connectivity index is 1.41. The van der Waals surface area contributed by atoms with E-state index in [9.17, 15) is 4.79 Å². The molecule has 4 rings (SSSR count). The molecule has 0 unspecified atom stereocenters. The second kappa shape index (κ2) is 11.4. The van der Waals surface area contributed by atoms with Crippen LogP contribution in [0.25, 0.3) is 6.08 Å². The van der Waals surface area contributed by atoms with Crippen LogP contribution in [0.3, 0.4) is 0 Å². The van der Waals surface area contributed by atoms with Gasteiger partial charge >= 0.3 is 0 Å². The maximum atomic E-state index is 12.8. The Morgan fingerprint density at radius 2 is 1.67 bits per heavy atom. The first-order valence-electron chi connectivity index (χ1n) is 12.1. The van der Waals surface area contributed by atoms with Crippen molar-refractivity contribution in [2.45, 2.75) is 39.2 Å². The number of carbonyl (C=O) groups excluding carboxylic acids is 1. The minimum atomic E-state index is 0.00636. The van der Waals surface area contributed by atoms with Gasteiger partial charge in [0, 0.05) is 16.9 Å². The third-order valence-corrected chi connectivity index (χ3v) is 7.07. The van der Waals surface area contributed by atoms with E-state index < -0.39 is 0 Å². The molecule has 3 nitrogen and oxygen atoms in total. The van der Waals surface area contributed by atoms with Crippen molar-refractivity contribution in [2.75, 3.05) is 7.11 Å². The third-order valence-electron chi connectivity index (χ3n) is 5.97. The van der Waals surface area contributed by atoms with Crippen LogP contribution in [0.2, 0.25) is 0 Å². The zero-order valence-electron chi connectivity index (χ0n) is 21.3. The Bertz CT molecular complexity index is 1330. The molecule has 184 valence electrons. The summed E-state index contributed by atoms with van der Waals surface area (Å²) in [6.45, 7) is 6.96. The van der Waals surface area contributed by atoms with Crippen LogP contribution in [-0.2, 0) is 18.4 Å². The zero-order chi connectivity index (χ0) is 25.5. The summed E-state index contributed by atoms with van der Waals surface area (Å²) in [6, 6.07) is 28.3. The third kappa shape index (κ3) is 6.73. The monoisotopic (exact) mass is 496 g/mol. The standard InChI is InChI=1S/C32H32O3S/c1-32(2,3)26-12-14-27(15-13-26)35-22-25-20-24(11-18-30(25)34-4)10-17-29(33)31-19-16-28(36-31)21-23-8-6-5-7-9-23/h5-20H,21-22H2,1-4H3/b17-10+. The highest BCUT2D eigenvalue weighted by atomic mass is 32.1. The van der Waals surface area contributed by atoms with Crippen molar-refractivity contribution in [3.05, 3.63) is 123 Å². The Morgan fingerprint density at radius 1 is 0.917 bits per heavy atom. The van der Waals surface area contributed by atoms with Crippen LogP contribution in [0, 0.1) is 0 Å². The van der Waals surface area contributed by atoms with Crippen molar-refractivity contribution in [2.24, 2.45) is 0 Å². The average Bonchev–Trinajstić information content (AvgIpc) is 3.35. The van der Waals surface area contributed by atoms with Gasteiger partial charge in [0.05, 0.1) is 12.0 Å². The molecule has 0 bridgehead atoms. The molecule has 0 aliphatic heterocycles. The van der Waals surface area contributed by atoms with Crippen LogP contribution in [0.4, 0.5) is 0 Å². The van der Waals surface area contributed by atoms with Crippen molar-refractivity contribution >= 4 is 23.2 Å². The van der Waals surface area contributed by atoms with Gasteiger partial charge in [-0.15, -0.1) is 11.3 Å². The van der Waals surface area contributed by atoms with Crippen molar-refractivity contribution in [1.82, 2.24) is 0 Å². The number of hydrogen-bond acceptors (Lipinski definition) is 4. The molecule has 0 radical (unpaired) electrons. The van der Waals surface area contributed by atoms with Gasteiger partial charge in [-0.3, -0.25) is 4.79 Å². The zero-order valence-corrected chi connectivity index (χ0v) is 22.1. The van der Waals surface area contributed by atoms with E-state index in [1.807, 2.05) is 66.7 Å². The molecular formula is C32H32O3S. The fraction of sp³-hybridized carbons (Fsp3) is 0.219. The lowest BCUT2D eigenvalue weighted by molar-refractivity contribution is 0.105. The maximum absolute atomic E-state index is 12.8. The van der Waals surface area contributed by atoms with Crippen LogP contribution in [0.5, 0.6) is 11.5 Å². The van der Waals surface area contributed by atoms with Crippen LogP contribution in [0.15, 0.2) is 91.0 Å². The summed E-state index contributed by atoms with van der Waals surface area (Å²) < 4.78 is 11.6. The first-order chi connectivity index (χ1) is 17.3. The van der Waals surface area contributed by atoms with Gasteiger partial charge in [-0.05, 0) is 64.6 Å². The van der Waals surface area contributed by atoms with E-state index in [2.05, 4.69) is 45.0 Å².